The van der Waals surface area contributed by atoms with Crippen LogP contribution in [0.1, 0.15) is 13.8 Å². The van der Waals surface area contributed by atoms with E-state index in [0.29, 0.717) is 0 Å². The molecule has 1 aromatic heterocycles. The number of hydrogen-bond donors (Lipinski definition) is 2. The van der Waals surface area contributed by atoms with Crippen LogP contribution in [0, 0.1) is 0 Å². The van der Waals surface area contributed by atoms with E-state index in [-0.39, 0.29) is 18.3 Å². The summed E-state index contributed by atoms with van der Waals surface area (Å²) in [4.78, 5) is 11.0. The molecule has 0 aliphatic rings. The summed E-state index contributed by atoms with van der Waals surface area (Å²) in [7, 11) is -2.36. The second-order valence-electron chi connectivity index (χ2n) is 3.88. The summed E-state index contributed by atoms with van der Waals surface area (Å²) in [6, 6.07) is -0.215. The Hall–Kier alpha value is -1.61. The van der Waals surface area contributed by atoms with Crippen LogP contribution in [0.2, 0.25) is 0 Å². The topological polar surface area (TPSA) is 102 Å². The third-order valence-corrected chi connectivity index (χ3v) is 3.08. The molecular formula is C9H16N4O4S. The van der Waals surface area contributed by atoms with Crippen LogP contribution in [-0.4, -0.2) is 37.3 Å². The fourth-order valence-corrected chi connectivity index (χ4v) is 2.29. The van der Waals surface area contributed by atoms with Crippen LogP contribution < -0.4 is 9.44 Å². The maximum absolute atomic E-state index is 11.5. The Balaban J connectivity index is 2.67. The van der Waals surface area contributed by atoms with E-state index >= 15 is 0 Å². The van der Waals surface area contributed by atoms with Crippen molar-refractivity contribution in [1.82, 2.24) is 14.5 Å². The molecule has 0 saturated carbocycles. The van der Waals surface area contributed by atoms with Crippen molar-refractivity contribution in [3.8, 4) is 0 Å². The first-order valence-corrected chi connectivity index (χ1v) is 6.70. The van der Waals surface area contributed by atoms with Crippen LogP contribution in [0.5, 0.6) is 0 Å². The summed E-state index contributed by atoms with van der Waals surface area (Å²) in [5, 5.41) is 3.83. The number of rotatable bonds is 6. The van der Waals surface area contributed by atoms with Gasteiger partial charge in [0, 0.05) is 12.2 Å². The van der Waals surface area contributed by atoms with E-state index < -0.39 is 16.2 Å². The van der Waals surface area contributed by atoms with Crippen molar-refractivity contribution in [3.63, 3.8) is 0 Å². The van der Waals surface area contributed by atoms with E-state index in [1.54, 1.807) is 13.8 Å². The molecule has 0 fully saturated rings. The minimum absolute atomic E-state index is 0.0736. The monoisotopic (exact) mass is 276 g/mol. The van der Waals surface area contributed by atoms with Gasteiger partial charge in [-0.1, -0.05) is 0 Å². The van der Waals surface area contributed by atoms with Crippen molar-refractivity contribution in [2.24, 2.45) is 0 Å². The molecule has 0 radical (unpaired) electrons. The Morgan fingerprint density at radius 3 is 2.78 bits per heavy atom. The summed E-state index contributed by atoms with van der Waals surface area (Å²) in [6.45, 7) is 3.34. The summed E-state index contributed by atoms with van der Waals surface area (Å²) in [6.07, 6.45) is 2.71. The van der Waals surface area contributed by atoms with Gasteiger partial charge in [0.1, 0.15) is 6.54 Å². The smallest absolute Gasteiger partial charge is 0.327 e. The van der Waals surface area contributed by atoms with Gasteiger partial charge < -0.3 is 4.74 Å². The number of ether oxygens (including phenoxy) is 1. The van der Waals surface area contributed by atoms with Gasteiger partial charge in [-0.3, -0.25) is 14.2 Å². The SMILES string of the molecule is COC(=O)Cn1cc(NS(=O)(=O)NC(C)C)cn1. The average molecular weight is 276 g/mol. The number of aromatic nitrogens is 2. The predicted octanol–water partition coefficient (Wildman–Crippen LogP) is -0.289. The van der Waals surface area contributed by atoms with Crippen molar-refractivity contribution in [1.29, 1.82) is 0 Å². The molecule has 1 rings (SSSR count). The molecule has 0 amide bonds. The molecule has 0 saturated heterocycles. The molecule has 102 valence electrons. The molecule has 0 aromatic carbocycles. The van der Waals surface area contributed by atoms with Gasteiger partial charge in [0.05, 0.1) is 19.0 Å². The van der Waals surface area contributed by atoms with Crippen molar-refractivity contribution in [2.45, 2.75) is 26.4 Å². The van der Waals surface area contributed by atoms with Crippen LogP contribution in [0.15, 0.2) is 12.4 Å². The first kappa shape index (κ1) is 14.5. The van der Waals surface area contributed by atoms with E-state index in [1.165, 1.54) is 24.2 Å². The Bertz CT molecular complexity index is 508. The highest BCUT2D eigenvalue weighted by Crippen LogP contribution is 2.07. The number of hydrogen-bond acceptors (Lipinski definition) is 5. The summed E-state index contributed by atoms with van der Waals surface area (Å²) in [5.74, 6) is -0.465. The van der Waals surface area contributed by atoms with Gasteiger partial charge in [-0.25, -0.2) is 0 Å². The highest BCUT2D eigenvalue weighted by molar-refractivity contribution is 7.90. The number of carbonyl (C=O) groups is 1. The van der Waals surface area contributed by atoms with Crippen LogP contribution in [0.4, 0.5) is 5.69 Å². The van der Waals surface area contributed by atoms with Gasteiger partial charge in [0.15, 0.2) is 0 Å². The number of carbonyl (C=O) groups excluding carboxylic acids is 1. The van der Waals surface area contributed by atoms with E-state index in [0.717, 1.165) is 0 Å². The van der Waals surface area contributed by atoms with E-state index in [1.807, 2.05) is 0 Å². The molecule has 0 unspecified atom stereocenters. The standard InChI is InChI=1S/C9H16N4O4S/c1-7(2)11-18(15,16)12-8-4-10-13(5-8)6-9(14)17-3/h4-5,7,11-12H,6H2,1-3H3. The van der Waals surface area contributed by atoms with Crippen LogP contribution >= 0.6 is 0 Å². The van der Waals surface area contributed by atoms with E-state index in [9.17, 15) is 13.2 Å². The minimum atomic E-state index is -3.62. The zero-order valence-electron chi connectivity index (χ0n) is 10.4. The fraction of sp³-hybridized carbons (Fsp3) is 0.556. The van der Waals surface area contributed by atoms with Crippen molar-refractivity contribution >= 4 is 21.9 Å². The summed E-state index contributed by atoms with van der Waals surface area (Å²) >= 11 is 0. The van der Waals surface area contributed by atoms with Crippen molar-refractivity contribution < 1.29 is 17.9 Å². The highest BCUT2D eigenvalue weighted by atomic mass is 32.2. The number of nitrogens with one attached hydrogen (secondary N) is 2. The lowest BCUT2D eigenvalue weighted by atomic mass is 10.4. The normalized spacial score (nSPS) is 11.6. The molecule has 0 atom stereocenters. The number of esters is 1. The third kappa shape index (κ3) is 4.72. The Kier molecular flexibility index (Phi) is 4.68. The highest BCUT2D eigenvalue weighted by Gasteiger charge is 2.13. The van der Waals surface area contributed by atoms with Crippen molar-refractivity contribution in [3.05, 3.63) is 12.4 Å². The molecule has 2 N–H and O–H groups in total. The molecule has 0 spiro atoms. The summed E-state index contributed by atoms with van der Waals surface area (Å²) in [5.41, 5.74) is 0.270. The quantitative estimate of drug-likeness (QED) is 0.695. The van der Waals surface area contributed by atoms with Gasteiger partial charge in [-0.2, -0.15) is 18.2 Å². The lowest BCUT2D eigenvalue weighted by Gasteiger charge is -2.09. The Morgan fingerprint density at radius 1 is 1.56 bits per heavy atom. The van der Waals surface area contributed by atoms with Crippen LogP contribution in [0.25, 0.3) is 0 Å². The molecule has 9 heteroatoms. The maximum atomic E-state index is 11.5. The fourth-order valence-electron chi connectivity index (χ4n) is 1.19. The largest absolute Gasteiger partial charge is 0.468 e. The molecule has 0 aliphatic heterocycles. The zero-order chi connectivity index (χ0) is 13.8. The molecule has 0 bridgehead atoms. The first-order valence-electron chi connectivity index (χ1n) is 5.21. The molecule has 8 nitrogen and oxygen atoms in total. The third-order valence-electron chi connectivity index (χ3n) is 1.80. The van der Waals surface area contributed by atoms with Gasteiger partial charge in [0.25, 0.3) is 10.2 Å². The second-order valence-corrected chi connectivity index (χ2v) is 5.33. The van der Waals surface area contributed by atoms with Crippen LogP contribution in [0.3, 0.4) is 0 Å². The zero-order valence-corrected chi connectivity index (χ0v) is 11.2. The van der Waals surface area contributed by atoms with Gasteiger partial charge in [0.2, 0.25) is 0 Å². The molecule has 1 heterocycles. The molecule has 18 heavy (non-hydrogen) atoms. The molecule has 0 aliphatic carbocycles. The number of anilines is 1. The molecule has 1 aromatic rings. The van der Waals surface area contributed by atoms with Crippen LogP contribution in [-0.2, 0) is 26.3 Å². The van der Waals surface area contributed by atoms with Gasteiger partial charge in [-0.15, -0.1) is 0 Å². The number of nitrogens with zero attached hydrogens (tertiary/aromatic N) is 2. The first-order chi connectivity index (χ1) is 8.32. The van der Waals surface area contributed by atoms with E-state index in [2.05, 4.69) is 19.3 Å². The second kappa shape index (κ2) is 5.83. The summed E-state index contributed by atoms with van der Waals surface area (Å²) < 4.78 is 33.5. The maximum Gasteiger partial charge on any atom is 0.327 e. The minimum Gasteiger partial charge on any atom is -0.468 e. The Morgan fingerprint density at radius 2 is 2.22 bits per heavy atom. The molecular weight excluding hydrogens is 260 g/mol. The average Bonchev–Trinajstić information content (AvgIpc) is 2.62. The number of methoxy groups -OCH3 is 1. The van der Waals surface area contributed by atoms with Gasteiger partial charge >= 0.3 is 5.97 Å². The lowest BCUT2D eigenvalue weighted by Crippen LogP contribution is -2.35. The van der Waals surface area contributed by atoms with Gasteiger partial charge in [-0.05, 0) is 13.8 Å². The predicted molar refractivity (Wildman–Crippen MR) is 65.1 cm³/mol. The lowest BCUT2D eigenvalue weighted by molar-refractivity contribution is -0.141. The van der Waals surface area contributed by atoms with E-state index in [4.69, 9.17) is 0 Å². The van der Waals surface area contributed by atoms with Crippen molar-refractivity contribution in [2.75, 3.05) is 11.8 Å². The Labute approximate surface area is 105 Å².